The van der Waals surface area contributed by atoms with Crippen LogP contribution in [0.15, 0.2) is 28.9 Å². The molecule has 0 amide bonds. The molecule has 2 nitrogen and oxygen atoms in total. The molecule has 0 saturated heterocycles. The molecule has 1 N–H and O–H groups in total. The summed E-state index contributed by atoms with van der Waals surface area (Å²) in [5, 5.41) is 3.36. The smallest absolute Gasteiger partial charge is 0.129 e. The summed E-state index contributed by atoms with van der Waals surface area (Å²) in [6.07, 6.45) is 6.18. The van der Waals surface area contributed by atoms with Crippen molar-refractivity contribution in [3.8, 4) is 0 Å². The molecule has 1 heterocycles. The minimum Gasteiger partial charge on any atom is -0.465 e. The maximum Gasteiger partial charge on any atom is 0.129 e. The highest BCUT2D eigenvalue weighted by atomic mass is 16.3. The third-order valence-corrected chi connectivity index (χ3v) is 2.11. The van der Waals surface area contributed by atoms with Crippen LogP contribution in [0.4, 0.5) is 0 Å². The Morgan fingerprint density at radius 3 is 3.00 bits per heavy atom. The highest BCUT2D eigenvalue weighted by Gasteiger charge is 1.96. The zero-order valence-corrected chi connectivity index (χ0v) is 9.05. The van der Waals surface area contributed by atoms with Gasteiger partial charge in [-0.2, -0.15) is 0 Å². The molecule has 0 unspecified atom stereocenters. The van der Waals surface area contributed by atoms with E-state index in [1.807, 2.05) is 12.1 Å². The molecule has 0 fully saturated rings. The highest BCUT2D eigenvalue weighted by Crippen LogP contribution is 2.13. The monoisotopic (exact) mass is 193 g/mol. The van der Waals surface area contributed by atoms with E-state index in [0.29, 0.717) is 0 Å². The van der Waals surface area contributed by atoms with Crippen molar-refractivity contribution >= 4 is 5.57 Å². The van der Waals surface area contributed by atoms with Gasteiger partial charge in [-0.05, 0) is 50.6 Å². The first-order chi connectivity index (χ1) is 6.84. The summed E-state index contributed by atoms with van der Waals surface area (Å²) in [6, 6.07) is 3.91. The van der Waals surface area contributed by atoms with E-state index in [1.165, 1.54) is 12.0 Å². The van der Waals surface area contributed by atoms with Crippen molar-refractivity contribution in [2.24, 2.45) is 0 Å². The van der Waals surface area contributed by atoms with Crippen LogP contribution in [-0.4, -0.2) is 13.1 Å². The number of nitrogens with one attached hydrogen (secondary N) is 1. The Labute approximate surface area is 86.0 Å². The molecule has 14 heavy (non-hydrogen) atoms. The fourth-order valence-corrected chi connectivity index (χ4v) is 1.30. The molecule has 1 aromatic rings. The summed E-state index contributed by atoms with van der Waals surface area (Å²) in [6.45, 7) is 6.41. The zero-order chi connectivity index (χ0) is 10.2. The summed E-state index contributed by atoms with van der Waals surface area (Å²) < 4.78 is 5.28. The topological polar surface area (TPSA) is 25.2 Å². The molecule has 0 aliphatic rings. The highest BCUT2D eigenvalue weighted by molar-refractivity contribution is 5.58. The average Bonchev–Trinajstić information content (AvgIpc) is 2.70. The quantitative estimate of drug-likeness (QED) is 0.702. The van der Waals surface area contributed by atoms with Crippen LogP contribution >= 0.6 is 0 Å². The van der Waals surface area contributed by atoms with Gasteiger partial charge in [-0.3, -0.25) is 0 Å². The maximum absolute atomic E-state index is 5.28. The molecule has 2 heteroatoms. The third-order valence-electron chi connectivity index (χ3n) is 2.11. The summed E-state index contributed by atoms with van der Waals surface area (Å²) in [4.78, 5) is 0. The van der Waals surface area contributed by atoms with Crippen LogP contribution in [-0.2, 0) is 0 Å². The van der Waals surface area contributed by atoms with Gasteiger partial charge in [0.05, 0.1) is 6.26 Å². The number of allylic oxidation sites excluding steroid dienone is 1. The number of rotatable bonds is 6. The maximum atomic E-state index is 5.28. The third kappa shape index (κ3) is 3.79. The van der Waals surface area contributed by atoms with Crippen LogP contribution in [0.2, 0.25) is 0 Å². The largest absolute Gasteiger partial charge is 0.465 e. The molecule has 78 valence electrons. The molecule has 1 aromatic heterocycles. The molecule has 0 aliphatic heterocycles. The lowest BCUT2D eigenvalue weighted by atomic mass is 10.2. The predicted molar refractivity (Wildman–Crippen MR) is 60.1 cm³/mol. The van der Waals surface area contributed by atoms with E-state index < -0.39 is 0 Å². The zero-order valence-electron chi connectivity index (χ0n) is 9.05. The minimum absolute atomic E-state index is 0.973. The van der Waals surface area contributed by atoms with Gasteiger partial charge in [0, 0.05) is 0 Å². The van der Waals surface area contributed by atoms with Crippen LogP contribution in [0.5, 0.6) is 0 Å². The molecule has 1 rings (SSSR count). The molecule has 0 bridgehead atoms. The first-order valence-electron chi connectivity index (χ1n) is 5.26. The summed E-state index contributed by atoms with van der Waals surface area (Å²) >= 11 is 0. The number of furan rings is 1. The molecule has 0 radical (unpaired) electrons. The van der Waals surface area contributed by atoms with Crippen molar-refractivity contribution < 1.29 is 4.42 Å². The van der Waals surface area contributed by atoms with Gasteiger partial charge in [-0.15, -0.1) is 0 Å². The SMILES string of the molecule is CCCNCCC=C(C)c1ccco1. The predicted octanol–water partition coefficient (Wildman–Crippen LogP) is 3.07. The van der Waals surface area contributed by atoms with Crippen LogP contribution in [0.1, 0.15) is 32.4 Å². The lowest BCUT2D eigenvalue weighted by Gasteiger charge is -2.00. The second kappa shape index (κ2) is 6.44. The minimum atomic E-state index is 0.973. The van der Waals surface area contributed by atoms with Crippen molar-refractivity contribution in [2.75, 3.05) is 13.1 Å². The Bertz CT molecular complexity index is 262. The first-order valence-corrected chi connectivity index (χ1v) is 5.26. The molecule has 0 aromatic carbocycles. The van der Waals surface area contributed by atoms with E-state index in [9.17, 15) is 0 Å². The van der Waals surface area contributed by atoms with E-state index in [0.717, 1.165) is 25.3 Å². The van der Waals surface area contributed by atoms with Gasteiger partial charge in [0.2, 0.25) is 0 Å². The van der Waals surface area contributed by atoms with Gasteiger partial charge in [0.1, 0.15) is 5.76 Å². The summed E-state index contributed by atoms with van der Waals surface area (Å²) in [7, 11) is 0. The second-order valence-electron chi connectivity index (χ2n) is 3.40. The molecular weight excluding hydrogens is 174 g/mol. The Kier molecular flexibility index (Phi) is 5.08. The molecule has 0 atom stereocenters. The lowest BCUT2D eigenvalue weighted by molar-refractivity contribution is 0.552. The fraction of sp³-hybridized carbons (Fsp3) is 0.500. The van der Waals surface area contributed by atoms with Crippen LogP contribution in [0.3, 0.4) is 0 Å². The Balaban J connectivity index is 2.24. The summed E-state index contributed by atoms with van der Waals surface area (Å²) in [5.41, 5.74) is 1.22. The van der Waals surface area contributed by atoms with Crippen molar-refractivity contribution in [3.05, 3.63) is 30.2 Å². The lowest BCUT2D eigenvalue weighted by Crippen LogP contribution is -2.15. The normalized spacial score (nSPS) is 12.0. The van der Waals surface area contributed by atoms with Crippen molar-refractivity contribution in [2.45, 2.75) is 26.7 Å². The summed E-state index contributed by atoms with van der Waals surface area (Å²) in [5.74, 6) is 0.973. The first kappa shape index (κ1) is 11.1. The Morgan fingerprint density at radius 1 is 1.50 bits per heavy atom. The van der Waals surface area contributed by atoms with E-state index >= 15 is 0 Å². The molecular formula is C12H19NO. The van der Waals surface area contributed by atoms with Gasteiger partial charge in [0.15, 0.2) is 0 Å². The van der Waals surface area contributed by atoms with E-state index in [-0.39, 0.29) is 0 Å². The molecule has 0 saturated carbocycles. The van der Waals surface area contributed by atoms with E-state index in [2.05, 4.69) is 25.2 Å². The molecule has 0 spiro atoms. The Morgan fingerprint density at radius 2 is 2.36 bits per heavy atom. The van der Waals surface area contributed by atoms with E-state index in [1.54, 1.807) is 6.26 Å². The van der Waals surface area contributed by atoms with Gasteiger partial charge in [0.25, 0.3) is 0 Å². The van der Waals surface area contributed by atoms with Crippen molar-refractivity contribution in [1.82, 2.24) is 5.32 Å². The second-order valence-corrected chi connectivity index (χ2v) is 3.40. The van der Waals surface area contributed by atoms with Gasteiger partial charge in [-0.1, -0.05) is 13.0 Å². The fourth-order valence-electron chi connectivity index (χ4n) is 1.30. The molecule has 0 aliphatic carbocycles. The van der Waals surface area contributed by atoms with Gasteiger partial charge < -0.3 is 9.73 Å². The average molecular weight is 193 g/mol. The number of hydrogen-bond donors (Lipinski definition) is 1. The van der Waals surface area contributed by atoms with E-state index in [4.69, 9.17) is 4.42 Å². The Hall–Kier alpha value is -1.02. The number of hydrogen-bond acceptors (Lipinski definition) is 2. The van der Waals surface area contributed by atoms with Crippen LogP contribution in [0.25, 0.3) is 5.57 Å². The van der Waals surface area contributed by atoms with Gasteiger partial charge >= 0.3 is 0 Å². The van der Waals surface area contributed by atoms with Crippen molar-refractivity contribution in [1.29, 1.82) is 0 Å². The van der Waals surface area contributed by atoms with Crippen LogP contribution in [0, 0.1) is 0 Å². The van der Waals surface area contributed by atoms with Crippen molar-refractivity contribution in [3.63, 3.8) is 0 Å². The standard InChI is InChI=1S/C12H19NO/c1-3-8-13-9-4-6-11(2)12-7-5-10-14-12/h5-7,10,13H,3-4,8-9H2,1-2H3. The van der Waals surface area contributed by atoms with Crippen LogP contribution < -0.4 is 5.32 Å². The van der Waals surface area contributed by atoms with Gasteiger partial charge in [-0.25, -0.2) is 0 Å².